The Hall–Kier alpha value is -2.49. The van der Waals surface area contributed by atoms with Crippen molar-refractivity contribution in [3.63, 3.8) is 0 Å². The van der Waals surface area contributed by atoms with Crippen LogP contribution in [0.5, 0.6) is 0 Å². The van der Waals surface area contributed by atoms with Crippen LogP contribution in [0.1, 0.15) is 35.3 Å². The fraction of sp³-hybridized carbons (Fsp3) is 0.0556. The van der Waals surface area contributed by atoms with Crippen molar-refractivity contribution in [3.05, 3.63) is 78.6 Å². The first-order chi connectivity index (χ1) is 13.0. The van der Waals surface area contributed by atoms with Gasteiger partial charge in [-0.25, -0.2) is 0 Å². The van der Waals surface area contributed by atoms with Gasteiger partial charge in [0.15, 0.2) is 0 Å². The molecule has 0 saturated heterocycles. The summed E-state index contributed by atoms with van der Waals surface area (Å²) in [6.45, 7) is 0.364. The van der Waals surface area contributed by atoms with Crippen molar-refractivity contribution >= 4 is 56.3 Å². The minimum Gasteiger partial charge on any atom is -0.347 e. The lowest BCUT2D eigenvalue weighted by Gasteiger charge is -2.08. The first-order valence-electron chi connectivity index (χ1n) is 7.79. The maximum absolute atomic E-state index is 12.1. The molecule has 0 saturated carbocycles. The van der Waals surface area contributed by atoms with E-state index in [1.807, 2.05) is 11.4 Å². The Balaban J connectivity index is 1.49. The quantitative estimate of drug-likeness (QED) is 0.505. The van der Waals surface area contributed by atoms with E-state index in [0.29, 0.717) is 21.9 Å². The van der Waals surface area contributed by atoms with Gasteiger partial charge in [0, 0.05) is 12.1 Å². The van der Waals surface area contributed by atoms with Gasteiger partial charge >= 0.3 is 0 Å². The van der Waals surface area contributed by atoms with Gasteiger partial charge in [-0.3, -0.25) is 25.2 Å². The van der Waals surface area contributed by atoms with E-state index in [4.69, 9.17) is 0 Å². The monoisotopic (exact) mass is 463 g/mol. The lowest BCUT2D eigenvalue weighted by Crippen LogP contribution is -2.41. The summed E-state index contributed by atoms with van der Waals surface area (Å²) in [5, 5.41) is 4.67. The number of hydrogen-bond acceptors (Lipinski definition) is 5. The van der Waals surface area contributed by atoms with Crippen LogP contribution in [0.3, 0.4) is 0 Å². The number of hydrazine groups is 1. The average Bonchev–Trinajstić information content (AvgIpc) is 3.36. The summed E-state index contributed by atoms with van der Waals surface area (Å²) in [5.41, 5.74) is 6.02. The molecular weight excluding hydrogens is 450 g/mol. The third kappa shape index (κ3) is 5.25. The van der Waals surface area contributed by atoms with Crippen LogP contribution in [-0.2, 0) is 6.54 Å². The molecule has 0 unspecified atom stereocenters. The Bertz CT molecular complexity index is 953. The van der Waals surface area contributed by atoms with Crippen molar-refractivity contribution in [2.45, 2.75) is 6.54 Å². The zero-order valence-electron chi connectivity index (χ0n) is 13.8. The van der Waals surface area contributed by atoms with Gasteiger partial charge in [-0.2, -0.15) is 0 Å². The van der Waals surface area contributed by atoms with Crippen LogP contribution in [-0.4, -0.2) is 17.7 Å². The van der Waals surface area contributed by atoms with Crippen LogP contribution in [0.4, 0.5) is 0 Å². The molecule has 3 aromatic rings. The predicted octanol–water partition coefficient (Wildman–Crippen LogP) is 3.58. The molecule has 0 spiro atoms. The summed E-state index contributed by atoms with van der Waals surface area (Å²) in [4.78, 5) is 37.1. The molecule has 1 aromatic carbocycles. The van der Waals surface area contributed by atoms with Gasteiger partial charge in [0.2, 0.25) is 0 Å². The Labute approximate surface area is 171 Å². The van der Waals surface area contributed by atoms with E-state index in [-0.39, 0.29) is 11.8 Å². The SMILES string of the molecule is O=C(NNC(=O)c1ccc(Br)s1)c1ccc(CNC(=O)c2cccs2)cc1. The number of nitrogens with one attached hydrogen (secondary N) is 3. The zero-order valence-corrected chi connectivity index (χ0v) is 17.0. The fourth-order valence-electron chi connectivity index (χ4n) is 2.13. The number of amides is 3. The molecule has 0 aliphatic carbocycles. The normalized spacial score (nSPS) is 10.3. The number of thiophene rings is 2. The highest BCUT2D eigenvalue weighted by Gasteiger charge is 2.11. The number of carbonyl (C=O) groups excluding carboxylic acids is 3. The number of halogens is 1. The standard InChI is InChI=1S/C18H14BrN3O3S2/c19-15-8-7-14(27-15)18(25)22-21-16(23)12-5-3-11(4-6-12)10-20-17(24)13-2-1-9-26-13/h1-9H,10H2,(H,20,24)(H,21,23)(H,22,25). The molecule has 0 radical (unpaired) electrons. The van der Waals surface area contributed by atoms with E-state index >= 15 is 0 Å². The van der Waals surface area contributed by atoms with Crippen molar-refractivity contribution in [3.8, 4) is 0 Å². The topological polar surface area (TPSA) is 87.3 Å². The molecule has 138 valence electrons. The molecule has 0 aliphatic rings. The Morgan fingerprint density at radius 3 is 2.22 bits per heavy atom. The largest absolute Gasteiger partial charge is 0.347 e. The van der Waals surface area contributed by atoms with Gasteiger partial charge in [-0.1, -0.05) is 18.2 Å². The highest BCUT2D eigenvalue weighted by Crippen LogP contribution is 2.21. The van der Waals surface area contributed by atoms with Crippen molar-refractivity contribution in [2.24, 2.45) is 0 Å². The van der Waals surface area contributed by atoms with Crippen LogP contribution in [0.15, 0.2) is 57.7 Å². The minimum atomic E-state index is -0.423. The molecule has 27 heavy (non-hydrogen) atoms. The van der Waals surface area contributed by atoms with E-state index in [0.717, 1.165) is 9.35 Å². The van der Waals surface area contributed by atoms with Crippen molar-refractivity contribution < 1.29 is 14.4 Å². The van der Waals surface area contributed by atoms with Gasteiger partial charge in [0.1, 0.15) is 0 Å². The summed E-state index contributed by atoms with van der Waals surface area (Å²) in [6, 6.07) is 13.8. The lowest BCUT2D eigenvalue weighted by atomic mass is 10.1. The summed E-state index contributed by atoms with van der Waals surface area (Å²) in [5.74, 6) is -0.935. The summed E-state index contributed by atoms with van der Waals surface area (Å²) in [6.07, 6.45) is 0. The lowest BCUT2D eigenvalue weighted by molar-refractivity contribution is 0.0849. The molecule has 0 bridgehead atoms. The van der Waals surface area contributed by atoms with Crippen LogP contribution in [0, 0.1) is 0 Å². The second-order valence-electron chi connectivity index (χ2n) is 5.37. The molecule has 3 N–H and O–H groups in total. The molecule has 6 nitrogen and oxygen atoms in total. The van der Waals surface area contributed by atoms with E-state index < -0.39 is 5.91 Å². The number of rotatable bonds is 5. The van der Waals surface area contributed by atoms with E-state index in [2.05, 4.69) is 32.1 Å². The van der Waals surface area contributed by atoms with Gasteiger partial charge in [0.25, 0.3) is 17.7 Å². The van der Waals surface area contributed by atoms with Crippen LogP contribution in [0.25, 0.3) is 0 Å². The second-order valence-corrected chi connectivity index (χ2v) is 8.78. The number of hydrogen-bond donors (Lipinski definition) is 3. The minimum absolute atomic E-state index is 0.130. The highest BCUT2D eigenvalue weighted by atomic mass is 79.9. The van der Waals surface area contributed by atoms with E-state index in [1.54, 1.807) is 42.5 Å². The Morgan fingerprint density at radius 1 is 0.852 bits per heavy atom. The van der Waals surface area contributed by atoms with Crippen molar-refractivity contribution in [1.29, 1.82) is 0 Å². The van der Waals surface area contributed by atoms with E-state index in [9.17, 15) is 14.4 Å². The molecule has 0 fully saturated rings. The summed E-state index contributed by atoms with van der Waals surface area (Å²) < 4.78 is 0.834. The van der Waals surface area contributed by atoms with Crippen LogP contribution < -0.4 is 16.2 Å². The first-order valence-corrected chi connectivity index (χ1v) is 10.3. The molecular formula is C18H14BrN3O3S2. The smallest absolute Gasteiger partial charge is 0.279 e. The molecule has 3 amide bonds. The Kier molecular flexibility index (Phi) is 6.38. The molecule has 0 aliphatic heterocycles. The van der Waals surface area contributed by atoms with Gasteiger partial charge in [-0.05, 0) is 57.2 Å². The van der Waals surface area contributed by atoms with Crippen molar-refractivity contribution in [1.82, 2.24) is 16.2 Å². The third-order valence-corrected chi connectivity index (χ3v) is 5.99. The van der Waals surface area contributed by atoms with Gasteiger partial charge < -0.3 is 5.32 Å². The molecule has 2 heterocycles. The van der Waals surface area contributed by atoms with Crippen LogP contribution in [0.2, 0.25) is 0 Å². The van der Waals surface area contributed by atoms with Gasteiger partial charge in [-0.15, -0.1) is 22.7 Å². The summed E-state index contributed by atoms with van der Waals surface area (Å²) in [7, 11) is 0. The zero-order chi connectivity index (χ0) is 19.2. The molecule has 3 rings (SSSR count). The third-order valence-electron chi connectivity index (χ3n) is 3.50. The number of carbonyl (C=O) groups is 3. The molecule has 2 aromatic heterocycles. The maximum atomic E-state index is 12.1. The van der Waals surface area contributed by atoms with Crippen molar-refractivity contribution in [2.75, 3.05) is 0 Å². The van der Waals surface area contributed by atoms with E-state index in [1.165, 1.54) is 22.7 Å². The highest BCUT2D eigenvalue weighted by molar-refractivity contribution is 9.11. The predicted molar refractivity (Wildman–Crippen MR) is 109 cm³/mol. The molecule has 9 heteroatoms. The Morgan fingerprint density at radius 2 is 1.59 bits per heavy atom. The molecule has 0 atom stereocenters. The fourth-order valence-corrected chi connectivity index (χ4v) is 4.06. The first kappa shape index (κ1) is 19.3. The summed E-state index contributed by atoms with van der Waals surface area (Å²) >= 11 is 5.93. The number of benzene rings is 1. The average molecular weight is 464 g/mol. The second kappa shape index (κ2) is 8.94. The van der Waals surface area contributed by atoms with Gasteiger partial charge in [0.05, 0.1) is 13.5 Å². The van der Waals surface area contributed by atoms with Crippen LogP contribution >= 0.6 is 38.6 Å². The maximum Gasteiger partial charge on any atom is 0.279 e.